The number of hydrogen-bond donors (Lipinski definition) is 6. The maximum Gasteiger partial charge on any atom is 0.224 e. The van der Waals surface area contributed by atoms with E-state index >= 15 is 0 Å². The number of carbonyl (C=O) groups excluding carboxylic acids is 1. The van der Waals surface area contributed by atoms with Crippen molar-refractivity contribution in [2.24, 2.45) is 0 Å². The average Bonchev–Trinajstić information content (AvgIpc) is 2.95. The molecule has 0 aliphatic carbocycles. The molecule has 0 aromatic heterocycles. The van der Waals surface area contributed by atoms with Crippen LogP contribution in [0.3, 0.4) is 0 Å². The van der Waals surface area contributed by atoms with Gasteiger partial charge in [0, 0.05) is 6.42 Å². The molecule has 0 rings (SSSR count). The first-order valence-electron chi connectivity index (χ1n) is 15.9. The van der Waals surface area contributed by atoms with Gasteiger partial charge in [-0.25, -0.2) is 0 Å². The van der Waals surface area contributed by atoms with Crippen LogP contribution in [-0.2, 0) is 9.53 Å². The van der Waals surface area contributed by atoms with Crippen LogP contribution in [-0.4, -0.2) is 81.7 Å². The Hall–Kier alpha value is -1.29. The number of ether oxygens (including phenoxy) is 1. The highest BCUT2D eigenvalue weighted by molar-refractivity contribution is 5.77. The van der Waals surface area contributed by atoms with Crippen LogP contribution in [0.1, 0.15) is 123 Å². The summed E-state index contributed by atoms with van der Waals surface area (Å²) in [5.41, 5.74) is 0. The summed E-state index contributed by atoms with van der Waals surface area (Å²) < 4.78 is 5.42. The molecule has 0 saturated heterocycles. The molecular formula is C32H61NO7. The second-order valence-electron chi connectivity index (χ2n) is 10.9. The first-order valence-corrected chi connectivity index (χ1v) is 15.9. The minimum atomic E-state index is -1.34. The van der Waals surface area contributed by atoms with Gasteiger partial charge in [-0.05, 0) is 19.3 Å². The van der Waals surface area contributed by atoms with Gasteiger partial charge in [-0.15, -0.1) is 0 Å². The molecule has 0 aromatic rings. The first kappa shape index (κ1) is 38.7. The van der Waals surface area contributed by atoms with Gasteiger partial charge in [-0.3, -0.25) is 4.79 Å². The second-order valence-corrected chi connectivity index (χ2v) is 10.9. The molecule has 0 radical (unpaired) electrons. The largest absolute Gasteiger partial charge is 0.394 e. The average molecular weight is 572 g/mol. The van der Waals surface area contributed by atoms with Crippen molar-refractivity contribution in [3.05, 3.63) is 24.3 Å². The lowest BCUT2D eigenvalue weighted by Crippen LogP contribution is -2.51. The Morgan fingerprint density at radius 2 is 1.27 bits per heavy atom. The van der Waals surface area contributed by atoms with E-state index in [2.05, 4.69) is 31.3 Å². The van der Waals surface area contributed by atoms with Crippen LogP contribution in [0, 0.1) is 0 Å². The number of aliphatic hydroxyl groups excluding tert-OH is 5. The predicted molar refractivity (Wildman–Crippen MR) is 162 cm³/mol. The smallest absolute Gasteiger partial charge is 0.224 e. The topological polar surface area (TPSA) is 139 Å². The van der Waals surface area contributed by atoms with Crippen LogP contribution >= 0.6 is 0 Å². The lowest BCUT2D eigenvalue weighted by molar-refractivity contribution is -0.124. The predicted octanol–water partition coefficient (Wildman–Crippen LogP) is 4.71. The van der Waals surface area contributed by atoms with Crippen molar-refractivity contribution in [2.45, 2.75) is 153 Å². The standard InChI is InChI=1S/C32H61NO7/c1-3-5-7-9-11-12-13-14-15-17-18-20-22-28(35)32(39)27(25-40-26-30(37)29(36)24-34)33-31(38)23-21-19-16-10-8-6-4-2/h8,10,19,21,27-30,32,34-37,39H,3-7,9,11-18,20,22-26H2,1-2H3,(H,33,38)/b10-8-,21-19-/t27-,28+,29+,30?,32-/m0/s1. The van der Waals surface area contributed by atoms with Crippen LogP contribution in [0.15, 0.2) is 24.3 Å². The van der Waals surface area contributed by atoms with Crippen molar-refractivity contribution in [1.82, 2.24) is 5.32 Å². The Morgan fingerprint density at radius 3 is 1.85 bits per heavy atom. The third kappa shape index (κ3) is 22.4. The summed E-state index contributed by atoms with van der Waals surface area (Å²) in [7, 11) is 0. The number of aliphatic hydroxyl groups is 5. The fourth-order valence-corrected chi connectivity index (χ4v) is 4.42. The number of unbranched alkanes of at least 4 members (excludes halogenated alkanes) is 12. The van der Waals surface area contributed by atoms with Gasteiger partial charge < -0.3 is 35.6 Å². The van der Waals surface area contributed by atoms with E-state index in [0.29, 0.717) is 6.42 Å². The highest BCUT2D eigenvalue weighted by atomic mass is 16.5. The molecule has 0 spiro atoms. The summed E-state index contributed by atoms with van der Waals surface area (Å²) in [5, 5.41) is 52.4. The number of hydrogen-bond acceptors (Lipinski definition) is 7. The zero-order chi connectivity index (χ0) is 29.8. The SMILES string of the molecule is CCC/C=C\C/C=C\CC(=O)N[C@@H](COCC(O)[C@H](O)CO)[C@H](O)[C@H](O)CCCCCCCCCCCCCC. The molecular weight excluding hydrogens is 510 g/mol. The van der Waals surface area contributed by atoms with Gasteiger partial charge in [0.25, 0.3) is 0 Å². The van der Waals surface area contributed by atoms with Crippen molar-refractivity contribution in [2.75, 3.05) is 19.8 Å². The normalized spacial score (nSPS) is 15.9. The molecule has 8 heteroatoms. The van der Waals surface area contributed by atoms with E-state index in [4.69, 9.17) is 9.84 Å². The van der Waals surface area contributed by atoms with Gasteiger partial charge in [0.05, 0.1) is 32.0 Å². The van der Waals surface area contributed by atoms with Gasteiger partial charge in [0.2, 0.25) is 5.91 Å². The van der Waals surface area contributed by atoms with E-state index in [0.717, 1.165) is 38.5 Å². The van der Waals surface area contributed by atoms with Crippen LogP contribution < -0.4 is 5.32 Å². The molecule has 0 saturated carbocycles. The monoisotopic (exact) mass is 571 g/mol. The van der Waals surface area contributed by atoms with E-state index in [9.17, 15) is 25.2 Å². The third-order valence-electron chi connectivity index (χ3n) is 7.09. The summed E-state index contributed by atoms with van der Waals surface area (Å²) in [5.74, 6) is -0.310. The van der Waals surface area contributed by atoms with Crippen LogP contribution in [0.4, 0.5) is 0 Å². The molecule has 236 valence electrons. The lowest BCUT2D eigenvalue weighted by Gasteiger charge is -2.28. The van der Waals surface area contributed by atoms with Crippen molar-refractivity contribution in [1.29, 1.82) is 0 Å². The van der Waals surface area contributed by atoms with Crippen molar-refractivity contribution < 1.29 is 35.1 Å². The van der Waals surface area contributed by atoms with E-state index in [1.807, 2.05) is 6.08 Å². The molecule has 1 amide bonds. The molecule has 0 aliphatic heterocycles. The van der Waals surface area contributed by atoms with Gasteiger partial charge in [-0.1, -0.05) is 122 Å². The molecule has 6 N–H and O–H groups in total. The molecule has 0 aliphatic rings. The fraction of sp³-hybridized carbons (Fsp3) is 0.844. The van der Waals surface area contributed by atoms with Crippen molar-refractivity contribution in [3.8, 4) is 0 Å². The molecule has 0 bridgehead atoms. The fourth-order valence-electron chi connectivity index (χ4n) is 4.42. The lowest BCUT2D eigenvalue weighted by atomic mass is 9.99. The van der Waals surface area contributed by atoms with Gasteiger partial charge in [-0.2, -0.15) is 0 Å². The van der Waals surface area contributed by atoms with Crippen molar-refractivity contribution in [3.63, 3.8) is 0 Å². The quantitative estimate of drug-likeness (QED) is 0.0591. The van der Waals surface area contributed by atoms with E-state index < -0.39 is 37.1 Å². The summed E-state index contributed by atoms with van der Waals surface area (Å²) >= 11 is 0. The number of allylic oxidation sites excluding steroid dienone is 3. The maximum atomic E-state index is 12.5. The van der Waals surface area contributed by atoms with Gasteiger partial charge >= 0.3 is 0 Å². The molecule has 40 heavy (non-hydrogen) atoms. The minimum absolute atomic E-state index is 0.130. The zero-order valence-electron chi connectivity index (χ0n) is 25.4. The first-order chi connectivity index (χ1) is 19.4. The Labute approximate surface area is 243 Å². The maximum absolute atomic E-state index is 12.5. The molecule has 8 nitrogen and oxygen atoms in total. The van der Waals surface area contributed by atoms with Crippen molar-refractivity contribution >= 4 is 5.91 Å². The van der Waals surface area contributed by atoms with Crippen LogP contribution in [0.5, 0.6) is 0 Å². The molecule has 0 heterocycles. The molecule has 0 aromatic carbocycles. The number of rotatable bonds is 28. The van der Waals surface area contributed by atoms with Gasteiger partial charge in [0.1, 0.15) is 18.3 Å². The highest BCUT2D eigenvalue weighted by Crippen LogP contribution is 2.15. The van der Waals surface area contributed by atoms with Crippen LogP contribution in [0.25, 0.3) is 0 Å². The summed E-state index contributed by atoms with van der Waals surface area (Å²) in [6, 6.07) is -0.879. The summed E-state index contributed by atoms with van der Waals surface area (Å²) in [4.78, 5) is 12.5. The minimum Gasteiger partial charge on any atom is -0.394 e. The molecule has 0 fully saturated rings. The Bertz CT molecular complexity index is 628. The Kier molecular flexibility index (Phi) is 27.0. The van der Waals surface area contributed by atoms with E-state index in [1.54, 1.807) is 6.08 Å². The van der Waals surface area contributed by atoms with E-state index in [1.165, 1.54) is 57.8 Å². The summed E-state index contributed by atoms with van der Waals surface area (Å²) in [6.45, 7) is 3.32. The summed E-state index contributed by atoms with van der Waals surface area (Å²) in [6.07, 6.45) is 20.9. The molecule has 1 unspecified atom stereocenters. The Balaban J connectivity index is 4.50. The second kappa shape index (κ2) is 27.9. The van der Waals surface area contributed by atoms with E-state index in [-0.39, 0.29) is 25.5 Å². The third-order valence-corrected chi connectivity index (χ3v) is 7.09. The number of nitrogens with one attached hydrogen (secondary N) is 1. The zero-order valence-corrected chi connectivity index (χ0v) is 25.4. The van der Waals surface area contributed by atoms with Gasteiger partial charge in [0.15, 0.2) is 0 Å². The van der Waals surface area contributed by atoms with Crippen LogP contribution in [0.2, 0.25) is 0 Å². The Morgan fingerprint density at radius 1 is 0.700 bits per heavy atom. The number of amides is 1. The molecule has 5 atom stereocenters. The highest BCUT2D eigenvalue weighted by Gasteiger charge is 2.28. The number of carbonyl (C=O) groups is 1.